The predicted octanol–water partition coefficient (Wildman–Crippen LogP) is 11.8. The van der Waals surface area contributed by atoms with Crippen molar-refractivity contribution in [3.63, 3.8) is 0 Å². The zero-order valence-corrected chi connectivity index (χ0v) is 32.4. The lowest BCUT2D eigenvalue weighted by atomic mass is 9.91. The third kappa shape index (κ3) is 9.57. The van der Waals surface area contributed by atoms with Gasteiger partial charge in [0, 0.05) is 40.3 Å². The van der Waals surface area contributed by atoms with Crippen molar-refractivity contribution in [3.05, 3.63) is 169 Å². The summed E-state index contributed by atoms with van der Waals surface area (Å²) in [7, 11) is 4.12. The molecule has 7 aromatic rings. The van der Waals surface area contributed by atoms with Gasteiger partial charge in [-0.2, -0.15) is 0 Å². The zero-order valence-electron chi connectivity index (χ0n) is 32.4. The molecule has 0 unspecified atom stereocenters. The molecule has 0 saturated carbocycles. The number of aromatic nitrogens is 2. The number of imidazole rings is 1. The molecule has 2 saturated heterocycles. The van der Waals surface area contributed by atoms with Gasteiger partial charge in [-0.25, -0.2) is 9.13 Å². The van der Waals surface area contributed by atoms with Crippen LogP contribution < -0.4 is 4.57 Å². The lowest BCUT2D eigenvalue weighted by Gasteiger charge is -2.17. The van der Waals surface area contributed by atoms with E-state index in [0.29, 0.717) is 0 Å². The van der Waals surface area contributed by atoms with Crippen LogP contribution in [0.3, 0.4) is 0 Å². The number of hydrogen-bond acceptors (Lipinski definition) is 2. The Morgan fingerprint density at radius 1 is 0.481 bits per heavy atom. The highest BCUT2D eigenvalue weighted by Gasteiger charge is 2.22. The predicted molar refractivity (Wildman–Crippen MR) is 225 cm³/mol. The largest absolute Gasteiger partial charge is 0.381 e. The lowest BCUT2D eigenvalue weighted by molar-refractivity contribution is -0.677. The maximum Gasteiger partial charge on any atom is 0.243 e. The van der Waals surface area contributed by atoms with E-state index in [-0.39, 0.29) is 0 Å². The molecule has 6 aromatic carbocycles. The Morgan fingerprint density at radius 2 is 0.815 bits per heavy atom. The molecule has 2 aliphatic rings. The third-order valence-corrected chi connectivity index (χ3v) is 10.1. The van der Waals surface area contributed by atoms with Crippen LogP contribution in [-0.2, 0) is 23.6 Å². The van der Waals surface area contributed by atoms with Crippen LogP contribution in [0.2, 0.25) is 0 Å². The van der Waals surface area contributed by atoms with Crippen LogP contribution in [0.4, 0.5) is 0 Å². The van der Waals surface area contributed by atoms with Crippen LogP contribution in [0, 0.1) is 13.8 Å². The summed E-state index contributed by atoms with van der Waals surface area (Å²) in [4.78, 5) is 0. The average molecular weight is 715 g/mol. The minimum absolute atomic E-state index is 1.00. The Bertz CT molecular complexity index is 1780. The van der Waals surface area contributed by atoms with E-state index < -0.39 is 0 Å². The molecule has 1 aromatic heterocycles. The summed E-state index contributed by atoms with van der Waals surface area (Å²) in [5.74, 6) is 0. The second kappa shape index (κ2) is 19.6. The van der Waals surface area contributed by atoms with Gasteiger partial charge in [0.1, 0.15) is 11.4 Å². The van der Waals surface area contributed by atoms with Crippen LogP contribution in [0.1, 0.15) is 37.1 Å². The molecule has 0 amide bonds. The third-order valence-electron chi connectivity index (χ3n) is 10.1. The van der Waals surface area contributed by atoms with Crippen molar-refractivity contribution in [3.8, 4) is 55.6 Å². The summed E-state index contributed by atoms with van der Waals surface area (Å²) in [6.45, 7) is 8.24. The first-order chi connectivity index (χ1) is 26.5. The second-order valence-electron chi connectivity index (χ2n) is 13.9. The topological polar surface area (TPSA) is 27.3 Å². The highest BCUT2D eigenvalue weighted by molar-refractivity contribution is 6.14. The molecule has 4 heteroatoms. The Morgan fingerprint density at radius 3 is 1.07 bits per heavy atom. The van der Waals surface area contributed by atoms with Crippen LogP contribution >= 0.6 is 0 Å². The van der Waals surface area contributed by atoms with Crippen LogP contribution in [0.15, 0.2) is 158 Å². The Hall–Kier alpha value is -5.42. The van der Waals surface area contributed by atoms with Gasteiger partial charge < -0.3 is 9.47 Å². The van der Waals surface area contributed by atoms with E-state index in [2.05, 4.69) is 195 Å². The van der Waals surface area contributed by atoms with Gasteiger partial charge in [0.05, 0.1) is 14.1 Å². The van der Waals surface area contributed by atoms with Crippen molar-refractivity contribution in [1.29, 1.82) is 0 Å². The van der Waals surface area contributed by atoms with Gasteiger partial charge in [0.2, 0.25) is 6.33 Å². The molecule has 2 fully saturated rings. The number of nitrogens with zero attached hydrogens (tertiary/aromatic N) is 2. The normalized spacial score (nSPS) is 13.2. The average Bonchev–Trinajstić information content (AvgIpc) is 4.09. The monoisotopic (exact) mass is 714 g/mol. The maximum absolute atomic E-state index is 4.94. The van der Waals surface area contributed by atoms with E-state index in [1.807, 2.05) is 0 Å². The van der Waals surface area contributed by atoms with E-state index in [9.17, 15) is 0 Å². The van der Waals surface area contributed by atoms with Crippen molar-refractivity contribution in [2.75, 3.05) is 26.4 Å². The van der Waals surface area contributed by atoms with Crippen molar-refractivity contribution >= 4 is 0 Å². The van der Waals surface area contributed by atoms with Crippen molar-refractivity contribution < 1.29 is 14.0 Å². The van der Waals surface area contributed by atoms with Crippen LogP contribution in [0.25, 0.3) is 55.6 Å². The van der Waals surface area contributed by atoms with Crippen molar-refractivity contribution in [2.24, 2.45) is 14.1 Å². The summed E-state index contributed by atoms with van der Waals surface area (Å²) < 4.78 is 14.1. The quantitative estimate of drug-likeness (QED) is 0.131. The van der Waals surface area contributed by atoms with Gasteiger partial charge in [-0.05, 0) is 36.8 Å². The standard InChI is InChI=1S/C35H25.C7H13N2.2C4H8O/c1-6-16-26(17-7-1)31-32(27-18-8-2-9-19-27)34(29-22-12-4-13-23-29)35(30-24-14-5-15-25-30)33(31)28-20-10-3-11-21-28;1-6-7(2)9(4)5-8(6)3;2*1-2-4-5-3-1/h1-25H;5H,1-4H3;2*1-4H2/q-1;+1;;. The number of rotatable bonds is 5. The van der Waals surface area contributed by atoms with Crippen LogP contribution in [-0.4, -0.2) is 31.0 Å². The highest BCUT2D eigenvalue weighted by Crippen LogP contribution is 2.55. The second-order valence-corrected chi connectivity index (χ2v) is 13.9. The molecular formula is C50H54N2O2. The molecule has 9 rings (SSSR count). The van der Waals surface area contributed by atoms with Crippen molar-refractivity contribution in [1.82, 2.24) is 4.57 Å². The summed E-state index contributed by atoms with van der Waals surface area (Å²) in [5.41, 5.74) is 15.2. The summed E-state index contributed by atoms with van der Waals surface area (Å²) in [6, 6.07) is 54.1. The minimum atomic E-state index is 1.00. The zero-order chi connectivity index (χ0) is 37.5. The molecule has 0 atom stereocenters. The van der Waals surface area contributed by atoms with Gasteiger partial charge in [-0.1, -0.05) is 196 Å². The van der Waals surface area contributed by atoms with Crippen LogP contribution in [0.5, 0.6) is 0 Å². The molecule has 0 aliphatic carbocycles. The Labute approximate surface area is 322 Å². The molecule has 0 bridgehead atoms. The molecule has 2 aliphatic heterocycles. The molecule has 0 N–H and O–H groups in total. The van der Waals surface area contributed by atoms with E-state index in [1.54, 1.807) is 0 Å². The number of ether oxygens (including phenoxy) is 2. The first kappa shape index (κ1) is 38.3. The fourth-order valence-corrected chi connectivity index (χ4v) is 7.06. The Balaban J connectivity index is 0.000000212. The summed E-state index contributed by atoms with van der Waals surface area (Å²) in [6.07, 6.45) is 7.19. The highest BCUT2D eigenvalue weighted by atomic mass is 16.5. The summed E-state index contributed by atoms with van der Waals surface area (Å²) >= 11 is 0. The van der Waals surface area contributed by atoms with E-state index in [4.69, 9.17) is 9.47 Å². The molecule has 54 heavy (non-hydrogen) atoms. The molecule has 0 spiro atoms. The van der Waals surface area contributed by atoms with E-state index in [0.717, 1.165) is 26.4 Å². The number of benzene rings is 5. The molecule has 3 heterocycles. The van der Waals surface area contributed by atoms with E-state index >= 15 is 0 Å². The molecule has 276 valence electrons. The van der Waals surface area contributed by atoms with Gasteiger partial charge in [-0.15, -0.1) is 0 Å². The SMILES string of the molecule is C1CCOC1.C1CCOC1.Cc1c(C)[n+](C)cn1C.c1ccc(-c2c(-c3ccccc3)c(-c3ccccc3)[c-](-c3ccccc3)c2-c2ccccc2)cc1. The number of aryl methyl sites for hydroxylation is 2. The fraction of sp³-hybridized carbons (Fsp3) is 0.240. The van der Waals surface area contributed by atoms with Gasteiger partial charge in [0.25, 0.3) is 0 Å². The fourth-order valence-electron chi connectivity index (χ4n) is 7.06. The first-order valence-corrected chi connectivity index (χ1v) is 19.3. The van der Waals surface area contributed by atoms with Gasteiger partial charge in [0.15, 0.2) is 0 Å². The van der Waals surface area contributed by atoms with Crippen molar-refractivity contribution in [2.45, 2.75) is 39.5 Å². The first-order valence-electron chi connectivity index (χ1n) is 19.3. The number of hydrogen-bond donors (Lipinski definition) is 0. The maximum atomic E-state index is 4.94. The van der Waals surface area contributed by atoms with Gasteiger partial charge in [-0.3, -0.25) is 0 Å². The minimum Gasteiger partial charge on any atom is -0.381 e. The molecular weight excluding hydrogens is 661 g/mol. The smallest absolute Gasteiger partial charge is 0.243 e. The van der Waals surface area contributed by atoms with Gasteiger partial charge >= 0.3 is 0 Å². The Kier molecular flexibility index (Phi) is 13.9. The van der Waals surface area contributed by atoms with E-state index in [1.165, 1.54) is 92.7 Å². The lowest BCUT2D eigenvalue weighted by Crippen LogP contribution is -2.28. The molecule has 4 nitrogen and oxygen atoms in total. The summed E-state index contributed by atoms with van der Waals surface area (Å²) in [5, 5.41) is 0. The molecule has 0 radical (unpaired) electrons.